The molecular formula is C15H21N3O2. The Morgan fingerprint density at radius 3 is 2.90 bits per heavy atom. The Bertz CT molecular complexity index is 592. The Morgan fingerprint density at radius 1 is 1.40 bits per heavy atom. The quantitative estimate of drug-likeness (QED) is 0.881. The summed E-state index contributed by atoms with van der Waals surface area (Å²) in [5.41, 5.74) is 1.91. The fourth-order valence-corrected chi connectivity index (χ4v) is 2.03. The molecule has 5 heteroatoms. The SMILES string of the molecule is CCn1ccc2ccc(NC(=O)NCC(C)OC)cc21. The lowest BCUT2D eigenvalue weighted by molar-refractivity contribution is 0.119. The Kier molecular flexibility index (Phi) is 4.63. The molecule has 0 spiro atoms. The number of nitrogens with zero attached hydrogens (tertiary/aromatic N) is 1. The summed E-state index contributed by atoms with van der Waals surface area (Å²) in [5.74, 6) is 0. The molecule has 2 rings (SSSR count). The van der Waals surface area contributed by atoms with Crippen LogP contribution in [0.1, 0.15) is 13.8 Å². The zero-order valence-corrected chi connectivity index (χ0v) is 12.1. The minimum atomic E-state index is -0.220. The summed E-state index contributed by atoms with van der Waals surface area (Å²) in [6.45, 7) is 5.39. The fourth-order valence-electron chi connectivity index (χ4n) is 2.03. The van der Waals surface area contributed by atoms with Crippen molar-refractivity contribution in [3.05, 3.63) is 30.5 Å². The van der Waals surface area contributed by atoms with Gasteiger partial charge in [0.2, 0.25) is 0 Å². The number of anilines is 1. The maximum absolute atomic E-state index is 11.8. The number of ether oxygens (including phenoxy) is 1. The van der Waals surface area contributed by atoms with Gasteiger partial charge in [0.25, 0.3) is 0 Å². The van der Waals surface area contributed by atoms with Crippen LogP contribution >= 0.6 is 0 Å². The van der Waals surface area contributed by atoms with Crippen LogP contribution in [-0.2, 0) is 11.3 Å². The highest BCUT2D eigenvalue weighted by Crippen LogP contribution is 2.20. The zero-order chi connectivity index (χ0) is 14.5. The van der Waals surface area contributed by atoms with E-state index in [2.05, 4.69) is 34.4 Å². The lowest BCUT2D eigenvalue weighted by Crippen LogP contribution is -2.34. The Hall–Kier alpha value is -2.01. The van der Waals surface area contributed by atoms with Gasteiger partial charge in [-0.15, -0.1) is 0 Å². The molecule has 2 aromatic rings. The third-order valence-electron chi connectivity index (χ3n) is 3.32. The number of nitrogens with one attached hydrogen (secondary N) is 2. The molecule has 0 aliphatic heterocycles. The summed E-state index contributed by atoms with van der Waals surface area (Å²) in [6.07, 6.45) is 2.05. The number of hydrogen-bond acceptors (Lipinski definition) is 2. The van der Waals surface area contributed by atoms with Crippen molar-refractivity contribution in [1.82, 2.24) is 9.88 Å². The van der Waals surface area contributed by atoms with Crippen LogP contribution in [0.4, 0.5) is 10.5 Å². The van der Waals surface area contributed by atoms with E-state index >= 15 is 0 Å². The number of fused-ring (bicyclic) bond motifs is 1. The first-order valence-corrected chi connectivity index (χ1v) is 6.80. The molecule has 0 saturated heterocycles. The molecule has 108 valence electrons. The van der Waals surface area contributed by atoms with Crippen LogP contribution in [0.15, 0.2) is 30.5 Å². The molecule has 1 aromatic carbocycles. The molecule has 20 heavy (non-hydrogen) atoms. The fraction of sp³-hybridized carbons (Fsp3) is 0.400. The van der Waals surface area contributed by atoms with Crippen molar-refractivity contribution in [3.63, 3.8) is 0 Å². The first-order valence-electron chi connectivity index (χ1n) is 6.80. The molecule has 0 aliphatic rings. The second-order valence-electron chi connectivity index (χ2n) is 4.76. The van der Waals surface area contributed by atoms with Crippen molar-refractivity contribution in [2.45, 2.75) is 26.5 Å². The molecule has 5 nitrogen and oxygen atoms in total. The number of aromatic nitrogens is 1. The predicted octanol–water partition coefficient (Wildman–Crippen LogP) is 2.82. The smallest absolute Gasteiger partial charge is 0.319 e. The minimum absolute atomic E-state index is 0.000512. The molecule has 1 unspecified atom stereocenters. The number of aryl methyl sites for hydroxylation is 1. The van der Waals surface area contributed by atoms with Gasteiger partial charge in [-0.3, -0.25) is 0 Å². The second kappa shape index (κ2) is 6.43. The van der Waals surface area contributed by atoms with Gasteiger partial charge in [-0.25, -0.2) is 4.79 Å². The van der Waals surface area contributed by atoms with Crippen LogP contribution in [0.2, 0.25) is 0 Å². The van der Waals surface area contributed by atoms with Gasteiger partial charge in [-0.2, -0.15) is 0 Å². The molecule has 0 saturated carbocycles. The molecule has 0 radical (unpaired) electrons. The molecule has 1 atom stereocenters. The van der Waals surface area contributed by atoms with E-state index in [0.717, 1.165) is 17.7 Å². The van der Waals surface area contributed by atoms with E-state index in [1.54, 1.807) is 7.11 Å². The maximum Gasteiger partial charge on any atom is 0.319 e. The van der Waals surface area contributed by atoms with Crippen molar-refractivity contribution in [3.8, 4) is 0 Å². The molecule has 1 aromatic heterocycles. The Balaban J connectivity index is 2.04. The Morgan fingerprint density at radius 2 is 2.20 bits per heavy atom. The first kappa shape index (κ1) is 14.4. The molecular weight excluding hydrogens is 254 g/mol. The summed E-state index contributed by atoms with van der Waals surface area (Å²) in [4.78, 5) is 11.8. The van der Waals surface area contributed by atoms with Gasteiger partial charge in [0.1, 0.15) is 0 Å². The zero-order valence-electron chi connectivity index (χ0n) is 12.1. The van der Waals surface area contributed by atoms with Gasteiger partial charge in [0, 0.05) is 32.1 Å². The largest absolute Gasteiger partial charge is 0.380 e. The number of carbonyl (C=O) groups is 1. The third-order valence-corrected chi connectivity index (χ3v) is 3.32. The lowest BCUT2D eigenvalue weighted by atomic mass is 10.2. The number of hydrogen-bond donors (Lipinski definition) is 2. The number of rotatable bonds is 5. The normalized spacial score (nSPS) is 12.3. The van der Waals surface area contributed by atoms with Crippen LogP contribution in [0, 0.1) is 0 Å². The summed E-state index contributed by atoms with van der Waals surface area (Å²) < 4.78 is 7.23. The number of urea groups is 1. The molecule has 1 heterocycles. The first-order chi connectivity index (χ1) is 9.63. The minimum Gasteiger partial charge on any atom is -0.380 e. The van der Waals surface area contributed by atoms with E-state index in [1.165, 1.54) is 5.39 Å². The molecule has 2 N–H and O–H groups in total. The van der Waals surface area contributed by atoms with Gasteiger partial charge in [-0.1, -0.05) is 6.07 Å². The molecule has 0 aliphatic carbocycles. The number of benzene rings is 1. The van der Waals surface area contributed by atoms with E-state index in [-0.39, 0.29) is 12.1 Å². The van der Waals surface area contributed by atoms with Gasteiger partial charge < -0.3 is 19.9 Å². The highest BCUT2D eigenvalue weighted by Gasteiger charge is 2.06. The van der Waals surface area contributed by atoms with Crippen LogP contribution in [-0.4, -0.2) is 30.4 Å². The van der Waals surface area contributed by atoms with E-state index < -0.39 is 0 Å². The summed E-state index contributed by atoms with van der Waals surface area (Å²) in [5, 5.41) is 6.78. The van der Waals surface area contributed by atoms with Crippen LogP contribution in [0.25, 0.3) is 10.9 Å². The van der Waals surface area contributed by atoms with E-state index in [0.29, 0.717) is 6.54 Å². The van der Waals surface area contributed by atoms with Crippen LogP contribution in [0.5, 0.6) is 0 Å². The van der Waals surface area contributed by atoms with Crippen molar-refractivity contribution >= 4 is 22.6 Å². The highest BCUT2D eigenvalue weighted by molar-refractivity contribution is 5.92. The van der Waals surface area contributed by atoms with Gasteiger partial charge in [0.05, 0.1) is 11.6 Å². The van der Waals surface area contributed by atoms with Gasteiger partial charge in [0.15, 0.2) is 0 Å². The van der Waals surface area contributed by atoms with E-state index in [1.807, 2.05) is 25.1 Å². The van der Waals surface area contributed by atoms with Crippen molar-refractivity contribution < 1.29 is 9.53 Å². The average Bonchev–Trinajstić information content (AvgIpc) is 2.87. The number of amides is 2. The summed E-state index contributed by atoms with van der Waals surface area (Å²) in [6, 6.07) is 7.75. The van der Waals surface area contributed by atoms with Gasteiger partial charge in [-0.05, 0) is 37.4 Å². The summed E-state index contributed by atoms with van der Waals surface area (Å²) in [7, 11) is 1.62. The molecule has 0 bridgehead atoms. The van der Waals surface area contributed by atoms with Crippen LogP contribution < -0.4 is 10.6 Å². The third kappa shape index (κ3) is 3.30. The predicted molar refractivity (Wildman–Crippen MR) is 81.1 cm³/mol. The van der Waals surface area contributed by atoms with Crippen LogP contribution in [0.3, 0.4) is 0 Å². The monoisotopic (exact) mass is 275 g/mol. The van der Waals surface area contributed by atoms with E-state index in [9.17, 15) is 4.79 Å². The van der Waals surface area contributed by atoms with Crippen molar-refractivity contribution in [2.75, 3.05) is 19.0 Å². The van der Waals surface area contributed by atoms with Gasteiger partial charge >= 0.3 is 6.03 Å². The van der Waals surface area contributed by atoms with E-state index in [4.69, 9.17) is 4.74 Å². The standard InChI is InChI=1S/C15H21N3O2/c1-4-18-8-7-12-5-6-13(9-14(12)18)17-15(19)16-10-11(2)20-3/h5-9,11H,4,10H2,1-3H3,(H2,16,17,19). The Labute approximate surface area is 118 Å². The number of methoxy groups -OCH3 is 1. The maximum atomic E-state index is 11.8. The second-order valence-corrected chi connectivity index (χ2v) is 4.76. The number of carbonyl (C=O) groups excluding carboxylic acids is 1. The molecule has 0 fully saturated rings. The van der Waals surface area contributed by atoms with Crippen molar-refractivity contribution in [1.29, 1.82) is 0 Å². The molecule has 2 amide bonds. The topological polar surface area (TPSA) is 55.3 Å². The summed E-state index contributed by atoms with van der Waals surface area (Å²) >= 11 is 0. The highest BCUT2D eigenvalue weighted by atomic mass is 16.5. The average molecular weight is 275 g/mol. The lowest BCUT2D eigenvalue weighted by Gasteiger charge is -2.12. The van der Waals surface area contributed by atoms with Crippen molar-refractivity contribution in [2.24, 2.45) is 0 Å².